The van der Waals surface area contributed by atoms with Crippen molar-refractivity contribution < 1.29 is 14.6 Å². The Bertz CT molecular complexity index is 788. The normalized spacial score (nSPS) is 10.3. The molecule has 5 nitrogen and oxygen atoms in total. The van der Waals surface area contributed by atoms with Crippen LogP contribution in [0.5, 0.6) is 5.75 Å². The van der Waals surface area contributed by atoms with Crippen LogP contribution in [0, 0.1) is 0 Å². The standard InChI is InChI=1S/C18H19NO4/c1-4-23-14-7-5-13(6-8-14)16-10-9-15(18(21)22)17(20)19(16)11-12(2)3/h5-10H,2,4,11H2,1,3H3,(H,21,22). The van der Waals surface area contributed by atoms with Crippen molar-refractivity contribution in [2.45, 2.75) is 20.4 Å². The Hall–Kier alpha value is -2.82. The number of carboxylic acid groups (broad SMARTS) is 1. The Labute approximate surface area is 134 Å². The predicted molar refractivity (Wildman–Crippen MR) is 89.1 cm³/mol. The summed E-state index contributed by atoms with van der Waals surface area (Å²) < 4.78 is 6.84. The molecule has 1 aromatic heterocycles. The lowest BCUT2D eigenvalue weighted by molar-refractivity contribution is 0.0694. The van der Waals surface area contributed by atoms with Crippen LogP contribution in [0.2, 0.25) is 0 Å². The van der Waals surface area contributed by atoms with Crippen LogP contribution in [0.15, 0.2) is 53.3 Å². The fraction of sp³-hybridized carbons (Fsp3) is 0.222. The van der Waals surface area contributed by atoms with Gasteiger partial charge in [0, 0.05) is 6.54 Å². The molecule has 0 atom stereocenters. The van der Waals surface area contributed by atoms with Crippen LogP contribution in [-0.2, 0) is 6.54 Å². The summed E-state index contributed by atoms with van der Waals surface area (Å²) in [6, 6.07) is 10.3. The van der Waals surface area contributed by atoms with E-state index >= 15 is 0 Å². The molecule has 0 aliphatic carbocycles. The molecule has 5 heteroatoms. The maximum atomic E-state index is 12.4. The molecule has 0 saturated carbocycles. The number of ether oxygens (including phenoxy) is 1. The number of hydrogen-bond donors (Lipinski definition) is 1. The van der Waals surface area contributed by atoms with Crippen molar-refractivity contribution in [3.05, 3.63) is 64.5 Å². The van der Waals surface area contributed by atoms with Gasteiger partial charge < -0.3 is 14.4 Å². The Morgan fingerprint density at radius 2 is 1.87 bits per heavy atom. The van der Waals surface area contributed by atoms with Gasteiger partial charge in [-0.25, -0.2) is 4.79 Å². The second-order valence-electron chi connectivity index (χ2n) is 5.24. The summed E-state index contributed by atoms with van der Waals surface area (Å²) in [6.07, 6.45) is 0. The quantitative estimate of drug-likeness (QED) is 0.832. The van der Waals surface area contributed by atoms with Gasteiger partial charge in [-0.15, -0.1) is 0 Å². The summed E-state index contributed by atoms with van der Waals surface area (Å²) in [5, 5.41) is 9.13. The molecule has 2 rings (SSSR count). The van der Waals surface area contributed by atoms with E-state index in [2.05, 4.69) is 6.58 Å². The Morgan fingerprint density at radius 1 is 1.22 bits per heavy atom. The number of allylic oxidation sites excluding steroid dienone is 1. The minimum atomic E-state index is -1.23. The number of nitrogens with zero attached hydrogens (tertiary/aromatic N) is 1. The van der Waals surface area contributed by atoms with E-state index in [1.807, 2.05) is 31.2 Å². The number of aromatic nitrogens is 1. The Balaban J connectivity index is 2.56. The number of rotatable bonds is 6. The third-order valence-corrected chi connectivity index (χ3v) is 3.29. The molecule has 0 saturated heterocycles. The second kappa shape index (κ2) is 6.96. The molecular formula is C18H19NO4. The van der Waals surface area contributed by atoms with E-state index in [4.69, 9.17) is 9.84 Å². The average molecular weight is 313 g/mol. The third kappa shape index (κ3) is 3.69. The summed E-state index contributed by atoms with van der Waals surface area (Å²) in [5.41, 5.74) is 1.43. The molecule has 0 aliphatic rings. The zero-order valence-electron chi connectivity index (χ0n) is 13.2. The third-order valence-electron chi connectivity index (χ3n) is 3.29. The van der Waals surface area contributed by atoms with Crippen molar-refractivity contribution in [2.24, 2.45) is 0 Å². The number of hydrogen-bond acceptors (Lipinski definition) is 3. The van der Waals surface area contributed by atoms with Crippen molar-refractivity contribution in [1.82, 2.24) is 4.57 Å². The lowest BCUT2D eigenvalue weighted by atomic mass is 10.1. The molecule has 1 N–H and O–H groups in total. The van der Waals surface area contributed by atoms with Gasteiger partial charge in [-0.1, -0.05) is 12.2 Å². The molecule has 0 spiro atoms. The van der Waals surface area contributed by atoms with Crippen molar-refractivity contribution in [2.75, 3.05) is 6.61 Å². The fourth-order valence-electron chi connectivity index (χ4n) is 2.31. The summed E-state index contributed by atoms with van der Waals surface area (Å²) in [6.45, 7) is 8.35. The number of carboxylic acids is 1. The zero-order valence-corrected chi connectivity index (χ0v) is 13.2. The van der Waals surface area contributed by atoms with Gasteiger partial charge in [0.1, 0.15) is 11.3 Å². The van der Waals surface area contributed by atoms with Gasteiger partial charge in [0.05, 0.1) is 12.3 Å². The number of benzene rings is 1. The Morgan fingerprint density at radius 3 is 2.39 bits per heavy atom. The van der Waals surface area contributed by atoms with E-state index in [9.17, 15) is 9.59 Å². The van der Waals surface area contributed by atoms with Crippen LogP contribution in [-0.4, -0.2) is 22.2 Å². The molecule has 2 aromatic rings. The highest BCUT2D eigenvalue weighted by atomic mass is 16.5. The highest BCUT2D eigenvalue weighted by Gasteiger charge is 2.15. The number of carbonyl (C=O) groups is 1. The van der Waals surface area contributed by atoms with Crippen molar-refractivity contribution in [3.63, 3.8) is 0 Å². The maximum absolute atomic E-state index is 12.4. The van der Waals surface area contributed by atoms with Gasteiger partial charge in [-0.2, -0.15) is 0 Å². The van der Waals surface area contributed by atoms with Crippen LogP contribution in [0.3, 0.4) is 0 Å². The molecule has 23 heavy (non-hydrogen) atoms. The summed E-state index contributed by atoms with van der Waals surface area (Å²) >= 11 is 0. The molecule has 0 amide bonds. The molecule has 0 radical (unpaired) electrons. The molecular weight excluding hydrogens is 294 g/mol. The Kier molecular flexibility index (Phi) is 5.01. The zero-order chi connectivity index (χ0) is 17.0. The summed E-state index contributed by atoms with van der Waals surface area (Å²) in [7, 11) is 0. The van der Waals surface area contributed by atoms with Gasteiger partial charge in [-0.3, -0.25) is 4.79 Å². The minimum absolute atomic E-state index is 0.249. The van der Waals surface area contributed by atoms with E-state index in [1.54, 1.807) is 13.0 Å². The van der Waals surface area contributed by atoms with E-state index in [0.717, 1.165) is 16.9 Å². The van der Waals surface area contributed by atoms with Gasteiger partial charge in [0.2, 0.25) is 0 Å². The summed E-state index contributed by atoms with van der Waals surface area (Å²) in [5.74, 6) is -0.490. The first kappa shape index (κ1) is 16.5. The van der Waals surface area contributed by atoms with Crippen LogP contribution in [0.1, 0.15) is 24.2 Å². The average Bonchev–Trinajstić information content (AvgIpc) is 2.50. The van der Waals surface area contributed by atoms with Crippen molar-refractivity contribution in [3.8, 4) is 17.0 Å². The first-order chi connectivity index (χ1) is 10.9. The number of aromatic carboxylic acids is 1. The van der Waals surface area contributed by atoms with E-state index in [0.29, 0.717) is 12.3 Å². The summed E-state index contributed by atoms with van der Waals surface area (Å²) in [4.78, 5) is 23.6. The van der Waals surface area contributed by atoms with Crippen LogP contribution < -0.4 is 10.3 Å². The van der Waals surface area contributed by atoms with Gasteiger partial charge >= 0.3 is 5.97 Å². The molecule has 0 bridgehead atoms. The van der Waals surface area contributed by atoms with Crippen LogP contribution in [0.4, 0.5) is 0 Å². The van der Waals surface area contributed by atoms with E-state index in [-0.39, 0.29) is 12.1 Å². The molecule has 0 aliphatic heterocycles. The molecule has 0 unspecified atom stereocenters. The smallest absolute Gasteiger partial charge is 0.341 e. The second-order valence-corrected chi connectivity index (χ2v) is 5.24. The van der Waals surface area contributed by atoms with Gasteiger partial charge in [0.15, 0.2) is 0 Å². The lowest BCUT2D eigenvalue weighted by Crippen LogP contribution is -2.27. The first-order valence-electron chi connectivity index (χ1n) is 7.28. The van der Waals surface area contributed by atoms with Crippen molar-refractivity contribution in [1.29, 1.82) is 0 Å². The molecule has 120 valence electrons. The van der Waals surface area contributed by atoms with E-state index in [1.165, 1.54) is 10.6 Å². The lowest BCUT2D eigenvalue weighted by Gasteiger charge is -2.14. The largest absolute Gasteiger partial charge is 0.494 e. The maximum Gasteiger partial charge on any atom is 0.341 e. The van der Waals surface area contributed by atoms with Crippen LogP contribution in [0.25, 0.3) is 11.3 Å². The molecule has 1 heterocycles. The topological polar surface area (TPSA) is 68.5 Å². The van der Waals surface area contributed by atoms with E-state index < -0.39 is 11.5 Å². The minimum Gasteiger partial charge on any atom is -0.494 e. The fourth-order valence-corrected chi connectivity index (χ4v) is 2.31. The van der Waals surface area contributed by atoms with Crippen molar-refractivity contribution >= 4 is 5.97 Å². The SMILES string of the molecule is C=C(C)Cn1c(-c2ccc(OCC)cc2)ccc(C(=O)O)c1=O. The van der Waals surface area contributed by atoms with Gasteiger partial charge in [0.25, 0.3) is 5.56 Å². The highest BCUT2D eigenvalue weighted by molar-refractivity contribution is 5.87. The predicted octanol–water partition coefficient (Wildman–Crippen LogP) is 3.19. The van der Waals surface area contributed by atoms with Crippen LogP contribution >= 0.6 is 0 Å². The monoisotopic (exact) mass is 313 g/mol. The first-order valence-corrected chi connectivity index (χ1v) is 7.28. The molecule has 1 aromatic carbocycles. The number of pyridine rings is 1. The molecule has 0 fully saturated rings. The highest BCUT2D eigenvalue weighted by Crippen LogP contribution is 2.22. The van der Waals surface area contributed by atoms with Gasteiger partial charge in [-0.05, 0) is 55.8 Å².